The lowest BCUT2D eigenvalue weighted by atomic mass is 10.1. The molecule has 1 saturated carbocycles. The summed E-state index contributed by atoms with van der Waals surface area (Å²) in [6.07, 6.45) is 2.84. The second-order valence-corrected chi connectivity index (χ2v) is 6.92. The molecule has 0 unspecified atom stereocenters. The van der Waals surface area contributed by atoms with Crippen LogP contribution in [0.1, 0.15) is 33.1 Å². The highest BCUT2D eigenvalue weighted by molar-refractivity contribution is 7.91. The molecular formula is C9H20ClNO2S. The first-order valence-electron chi connectivity index (χ1n) is 4.89. The third-order valence-corrected chi connectivity index (χ3v) is 5.14. The van der Waals surface area contributed by atoms with E-state index in [0.717, 1.165) is 19.3 Å². The molecule has 0 aromatic rings. The van der Waals surface area contributed by atoms with E-state index in [2.05, 4.69) is 0 Å². The Morgan fingerprint density at radius 3 is 2.29 bits per heavy atom. The maximum absolute atomic E-state index is 11.6. The quantitative estimate of drug-likeness (QED) is 0.812. The summed E-state index contributed by atoms with van der Waals surface area (Å²) in [7, 11) is -2.86. The lowest BCUT2D eigenvalue weighted by Gasteiger charge is -2.12. The van der Waals surface area contributed by atoms with Gasteiger partial charge < -0.3 is 5.73 Å². The molecule has 3 nitrogen and oxygen atoms in total. The maximum atomic E-state index is 11.6. The van der Waals surface area contributed by atoms with Crippen LogP contribution in [-0.4, -0.2) is 25.5 Å². The van der Waals surface area contributed by atoms with E-state index < -0.39 is 9.84 Å². The molecule has 0 bridgehead atoms. The molecule has 0 amide bonds. The molecule has 2 N–H and O–H groups in total. The molecule has 1 aliphatic rings. The lowest BCUT2D eigenvalue weighted by molar-refractivity contribution is 0.547. The third-order valence-electron chi connectivity index (χ3n) is 2.77. The Morgan fingerprint density at radius 1 is 1.36 bits per heavy atom. The molecule has 1 rings (SSSR count). The summed E-state index contributed by atoms with van der Waals surface area (Å²) in [5.74, 6) is 0.639. The van der Waals surface area contributed by atoms with Crippen molar-refractivity contribution in [1.29, 1.82) is 0 Å². The normalized spacial score (nSPS) is 27.7. The number of hydrogen-bond donors (Lipinski definition) is 1. The van der Waals surface area contributed by atoms with Crippen LogP contribution >= 0.6 is 12.4 Å². The Morgan fingerprint density at radius 2 is 1.93 bits per heavy atom. The fourth-order valence-electron chi connectivity index (χ4n) is 1.79. The SMILES string of the molecule is CC(C)S(=O)(=O)C[C@@H]1CC[C@H](N)C1.Cl. The van der Waals surface area contributed by atoms with E-state index in [9.17, 15) is 8.42 Å². The smallest absolute Gasteiger partial charge is 0.152 e. The van der Waals surface area contributed by atoms with Crippen molar-refractivity contribution in [2.45, 2.75) is 44.4 Å². The average Bonchev–Trinajstić information content (AvgIpc) is 2.34. The third kappa shape index (κ3) is 3.75. The molecule has 0 heterocycles. The van der Waals surface area contributed by atoms with Gasteiger partial charge in [-0.25, -0.2) is 8.42 Å². The minimum absolute atomic E-state index is 0. The zero-order chi connectivity index (χ0) is 10.1. The van der Waals surface area contributed by atoms with Crippen LogP contribution in [0.25, 0.3) is 0 Å². The van der Waals surface area contributed by atoms with Crippen LogP contribution in [0.5, 0.6) is 0 Å². The molecule has 14 heavy (non-hydrogen) atoms. The van der Waals surface area contributed by atoms with Crippen LogP contribution in [0.4, 0.5) is 0 Å². The predicted octanol–water partition coefficient (Wildman–Crippen LogP) is 1.36. The zero-order valence-electron chi connectivity index (χ0n) is 8.77. The van der Waals surface area contributed by atoms with Crippen molar-refractivity contribution in [3.63, 3.8) is 0 Å². The first-order valence-corrected chi connectivity index (χ1v) is 6.60. The topological polar surface area (TPSA) is 60.2 Å². The fraction of sp³-hybridized carbons (Fsp3) is 1.00. The van der Waals surface area contributed by atoms with Crippen LogP contribution in [0.3, 0.4) is 0 Å². The Balaban J connectivity index is 0.00000169. The van der Waals surface area contributed by atoms with Crippen molar-refractivity contribution < 1.29 is 8.42 Å². The van der Waals surface area contributed by atoms with Gasteiger partial charge in [0.05, 0.1) is 11.0 Å². The Kier molecular flexibility index (Phi) is 5.41. The lowest BCUT2D eigenvalue weighted by Crippen LogP contribution is -2.23. The maximum Gasteiger partial charge on any atom is 0.152 e. The summed E-state index contributed by atoms with van der Waals surface area (Å²) < 4.78 is 23.1. The molecule has 1 aliphatic carbocycles. The van der Waals surface area contributed by atoms with Gasteiger partial charge in [-0.2, -0.15) is 0 Å². The van der Waals surface area contributed by atoms with Crippen molar-refractivity contribution >= 4 is 22.2 Å². The second-order valence-electron chi connectivity index (χ2n) is 4.32. The number of halogens is 1. The largest absolute Gasteiger partial charge is 0.328 e. The Labute approximate surface area is 92.8 Å². The highest BCUT2D eigenvalue weighted by Crippen LogP contribution is 2.26. The predicted molar refractivity (Wildman–Crippen MR) is 61.5 cm³/mol. The van der Waals surface area contributed by atoms with E-state index >= 15 is 0 Å². The monoisotopic (exact) mass is 241 g/mol. The molecule has 0 radical (unpaired) electrons. The van der Waals surface area contributed by atoms with Crippen molar-refractivity contribution in [3.05, 3.63) is 0 Å². The van der Waals surface area contributed by atoms with E-state index in [1.165, 1.54) is 0 Å². The van der Waals surface area contributed by atoms with Gasteiger partial charge in [0.25, 0.3) is 0 Å². The number of nitrogens with two attached hydrogens (primary N) is 1. The number of rotatable bonds is 3. The number of hydrogen-bond acceptors (Lipinski definition) is 3. The van der Waals surface area contributed by atoms with Crippen LogP contribution in [0.15, 0.2) is 0 Å². The fourth-order valence-corrected chi connectivity index (χ4v) is 3.13. The van der Waals surface area contributed by atoms with E-state index in [1.54, 1.807) is 13.8 Å². The molecule has 0 aromatic heterocycles. The summed E-state index contributed by atoms with van der Waals surface area (Å²) >= 11 is 0. The van der Waals surface area contributed by atoms with Gasteiger partial charge in [-0.1, -0.05) is 0 Å². The molecule has 1 fully saturated rings. The summed E-state index contributed by atoms with van der Waals surface area (Å²) in [5, 5.41) is -0.246. The Hall–Kier alpha value is 0.200. The number of sulfone groups is 1. The van der Waals surface area contributed by atoms with Crippen molar-refractivity contribution in [3.8, 4) is 0 Å². The van der Waals surface area contributed by atoms with Gasteiger partial charge in [0.2, 0.25) is 0 Å². The first kappa shape index (κ1) is 14.2. The van der Waals surface area contributed by atoms with Crippen molar-refractivity contribution in [1.82, 2.24) is 0 Å². The molecule has 86 valence electrons. The molecular weight excluding hydrogens is 222 g/mol. The van der Waals surface area contributed by atoms with Crippen LogP contribution in [-0.2, 0) is 9.84 Å². The van der Waals surface area contributed by atoms with E-state index in [4.69, 9.17) is 5.73 Å². The second kappa shape index (κ2) is 5.33. The summed E-state index contributed by atoms with van der Waals surface area (Å²) in [6.45, 7) is 3.48. The minimum Gasteiger partial charge on any atom is -0.328 e. The molecule has 5 heteroatoms. The minimum atomic E-state index is -2.86. The highest BCUT2D eigenvalue weighted by Gasteiger charge is 2.28. The summed E-state index contributed by atoms with van der Waals surface area (Å²) in [4.78, 5) is 0. The van der Waals surface area contributed by atoms with Gasteiger partial charge in [-0.15, -0.1) is 12.4 Å². The molecule has 0 aromatic carbocycles. The molecule has 0 aliphatic heterocycles. The molecule has 2 atom stereocenters. The summed E-state index contributed by atoms with van der Waals surface area (Å²) in [6, 6.07) is 0.229. The van der Waals surface area contributed by atoms with Gasteiger partial charge in [-0.05, 0) is 39.0 Å². The van der Waals surface area contributed by atoms with E-state index in [0.29, 0.717) is 11.7 Å². The van der Waals surface area contributed by atoms with E-state index in [-0.39, 0.29) is 23.7 Å². The van der Waals surface area contributed by atoms with Crippen LogP contribution < -0.4 is 5.73 Å². The Bertz CT molecular complexity index is 264. The van der Waals surface area contributed by atoms with Gasteiger partial charge in [-0.3, -0.25) is 0 Å². The van der Waals surface area contributed by atoms with Crippen molar-refractivity contribution in [2.75, 3.05) is 5.75 Å². The molecule has 0 spiro atoms. The van der Waals surface area contributed by atoms with Gasteiger partial charge in [0.1, 0.15) is 0 Å². The van der Waals surface area contributed by atoms with Crippen molar-refractivity contribution in [2.24, 2.45) is 11.7 Å². The van der Waals surface area contributed by atoms with E-state index in [1.807, 2.05) is 0 Å². The first-order chi connectivity index (χ1) is 5.92. The highest BCUT2D eigenvalue weighted by atomic mass is 35.5. The van der Waals surface area contributed by atoms with Gasteiger partial charge in [0.15, 0.2) is 9.84 Å². The van der Waals surface area contributed by atoms with Gasteiger partial charge in [0, 0.05) is 6.04 Å². The molecule has 0 saturated heterocycles. The van der Waals surface area contributed by atoms with Crippen LogP contribution in [0, 0.1) is 5.92 Å². The van der Waals surface area contributed by atoms with Crippen LogP contribution in [0.2, 0.25) is 0 Å². The zero-order valence-corrected chi connectivity index (χ0v) is 10.4. The standard InChI is InChI=1S/C9H19NO2S.ClH/c1-7(2)13(11,12)6-8-3-4-9(10)5-8;/h7-9H,3-6,10H2,1-2H3;1H/t8-,9+;/m1./s1. The van der Waals surface area contributed by atoms with Gasteiger partial charge >= 0.3 is 0 Å². The summed E-state index contributed by atoms with van der Waals surface area (Å²) in [5.41, 5.74) is 5.73. The average molecular weight is 242 g/mol.